The van der Waals surface area contributed by atoms with E-state index in [0.717, 1.165) is 50.2 Å². The highest BCUT2D eigenvalue weighted by Crippen LogP contribution is 2.24. The maximum Gasteiger partial charge on any atom is 0.335 e. The Morgan fingerprint density at radius 2 is 2.04 bits per heavy atom. The molecule has 3 rings (SSSR count). The molecule has 23 heavy (non-hydrogen) atoms. The van der Waals surface area contributed by atoms with Gasteiger partial charge in [0.05, 0.1) is 11.3 Å². The summed E-state index contributed by atoms with van der Waals surface area (Å²) in [4.78, 5) is 13.7. The number of aryl methyl sites for hydroxylation is 1. The number of carbonyl (C=O) groups is 1. The van der Waals surface area contributed by atoms with E-state index in [0.29, 0.717) is 11.5 Å². The van der Waals surface area contributed by atoms with Crippen molar-refractivity contribution in [2.24, 2.45) is 13.0 Å². The van der Waals surface area contributed by atoms with Crippen LogP contribution in [-0.2, 0) is 20.0 Å². The van der Waals surface area contributed by atoms with E-state index in [1.807, 2.05) is 25.4 Å². The standard InChI is InChI=1S/C17H22N4O2/c1-20-11-15(18-19-20)12-21-8-6-13(7-9-21)10-14-4-2-3-5-16(14)17(22)23/h2-5,11,13H,6-10,12H2,1H3,(H,22,23). The van der Waals surface area contributed by atoms with Crippen LogP contribution in [0.4, 0.5) is 0 Å². The number of aromatic carboxylic acids is 1. The summed E-state index contributed by atoms with van der Waals surface area (Å²) in [6.45, 7) is 2.89. The molecule has 1 aliphatic rings. The molecule has 1 fully saturated rings. The molecule has 1 N–H and O–H groups in total. The first-order valence-electron chi connectivity index (χ1n) is 8.00. The van der Waals surface area contributed by atoms with Gasteiger partial charge in [-0.2, -0.15) is 0 Å². The molecule has 0 bridgehead atoms. The van der Waals surface area contributed by atoms with Gasteiger partial charge in [-0.05, 0) is 49.9 Å². The van der Waals surface area contributed by atoms with Gasteiger partial charge in [0.2, 0.25) is 0 Å². The van der Waals surface area contributed by atoms with Gasteiger partial charge in [-0.1, -0.05) is 23.4 Å². The van der Waals surface area contributed by atoms with Crippen LogP contribution in [-0.4, -0.2) is 44.1 Å². The third kappa shape index (κ3) is 3.96. The highest BCUT2D eigenvalue weighted by atomic mass is 16.4. The third-order valence-electron chi connectivity index (χ3n) is 4.50. The van der Waals surface area contributed by atoms with Crippen molar-refractivity contribution in [1.82, 2.24) is 19.9 Å². The molecule has 0 unspecified atom stereocenters. The Balaban J connectivity index is 1.54. The predicted molar refractivity (Wildman–Crippen MR) is 86.1 cm³/mol. The van der Waals surface area contributed by atoms with Crippen LogP contribution in [0.3, 0.4) is 0 Å². The van der Waals surface area contributed by atoms with Gasteiger partial charge in [0.15, 0.2) is 0 Å². The van der Waals surface area contributed by atoms with Gasteiger partial charge < -0.3 is 5.11 Å². The van der Waals surface area contributed by atoms with E-state index in [4.69, 9.17) is 0 Å². The fourth-order valence-corrected chi connectivity index (χ4v) is 3.26. The molecule has 1 saturated heterocycles. The molecule has 0 atom stereocenters. The van der Waals surface area contributed by atoms with Crippen molar-refractivity contribution < 1.29 is 9.90 Å². The number of carboxylic acid groups (broad SMARTS) is 1. The summed E-state index contributed by atoms with van der Waals surface area (Å²) < 4.78 is 1.73. The first kappa shape index (κ1) is 15.7. The van der Waals surface area contributed by atoms with E-state index in [9.17, 15) is 9.90 Å². The molecule has 1 aliphatic heterocycles. The third-order valence-corrected chi connectivity index (χ3v) is 4.50. The normalized spacial score (nSPS) is 16.6. The van der Waals surface area contributed by atoms with E-state index in [1.165, 1.54) is 0 Å². The average Bonchev–Trinajstić information content (AvgIpc) is 2.95. The number of hydrogen-bond acceptors (Lipinski definition) is 4. The lowest BCUT2D eigenvalue weighted by Gasteiger charge is -2.31. The molecule has 122 valence electrons. The van der Waals surface area contributed by atoms with Crippen LogP contribution in [0, 0.1) is 5.92 Å². The molecule has 1 aromatic carbocycles. The molecule has 0 amide bonds. The second-order valence-electron chi connectivity index (χ2n) is 6.27. The number of carboxylic acids is 1. The molecule has 6 nitrogen and oxygen atoms in total. The van der Waals surface area contributed by atoms with Crippen LogP contribution < -0.4 is 0 Å². The second-order valence-corrected chi connectivity index (χ2v) is 6.27. The molecule has 0 spiro atoms. The quantitative estimate of drug-likeness (QED) is 0.913. The van der Waals surface area contributed by atoms with Gasteiger partial charge in [0, 0.05) is 19.8 Å². The van der Waals surface area contributed by atoms with Crippen LogP contribution >= 0.6 is 0 Å². The van der Waals surface area contributed by atoms with Crippen LogP contribution in [0.1, 0.15) is 34.5 Å². The minimum atomic E-state index is -0.833. The zero-order valence-electron chi connectivity index (χ0n) is 13.4. The molecule has 2 heterocycles. The van der Waals surface area contributed by atoms with Crippen molar-refractivity contribution in [2.75, 3.05) is 13.1 Å². The van der Waals surface area contributed by atoms with Gasteiger partial charge in [-0.15, -0.1) is 5.10 Å². The Bertz CT molecular complexity index is 675. The number of likely N-dealkylation sites (tertiary alicyclic amines) is 1. The smallest absolute Gasteiger partial charge is 0.335 e. The van der Waals surface area contributed by atoms with E-state index < -0.39 is 5.97 Å². The summed E-state index contributed by atoms with van der Waals surface area (Å²) in [7, 11) is 1.88. The molecular formula is C17H22N4O2. The summed E-state index contributed by atoms with van der Waals surface area (Å²) in [5.41, 5.74) is 2.39. The first-order chi connectivity index (χ1) is 11.1. The number of hydrogen-bond donors (Lipinski definition) is 1. The van der Waals surface area contributed by atoms with E-state index in [2.05, 4.69) is 15.2 Å². The topological polar surface area (TPSA) is 71.2 Å². The monoisotopic (exact) mass is 314 g/mol. The first-order valence-corrected chi connectivity index (χ1v) is 8.00. The maximum absolute atomic E-state index is 11.3. The van der Waals surface area contributed by atoms with Gasteiger partial charge in [-0.25, -0.2) is 4.79 Å². The minimum Gasteiger partial charge on any atom is -0.478 e. The highest BCUT2D eigenvalue weighted by molar-refractivity contribution is 5.89. The maximum atomic E-state index is 11.3. The predicted octanol–water partition coefficient (Wildman–Crippen LogP) is 1.97. The lowest BCUT2D eigenvalue weighted by Crippen LogP contribution is -2.34. The zero-order chi connectivity index (χ0) is 16.2. The number of nitrogens with zero attached hydrogens (tertiary/aromatic N) is 4. The van der Waals surface area contributed by atoms with Crippen LogP contribution in [0.25, 0.3) is 0 Å². The Hall–Kier alpha value is -2.21. The van der Waals surface area contributed by atoms with Crippen LogP contribution in [0.2, 0.25) is 0 Å². The Kier molecular flexibility index (Phi) is 4.71. The van der Waals surface area contributed by atoms with Crippen LogP contribution in [0.5, 0.6) is 0 Å². The Labute approximate surface area is 135 Å². The number of rotatable bonds is 5. The number of benzene rings is 1. The molecule has 0 saturated carbocycles. The summed E-state index contributed by atoms with van der Waals surface area (Å²) in [6, 6.07) is 7.34. The van der Waals surface area contributed by atoms with Gasteiger partial charge in [0.1, 0.15) is 0 Å². The van der Waals surface area contributed by atoms with E-state index in [1.54, 1.807) is 16.8 Å². The number of piperidine rings is 1. The molecule has 0 radical (unpaired) electrons. The zero-order valence-corrected chi connectivity index (χ0v) is 13.4. The molecule has 6 heteroatoms. The SMILES string of the molecule is Cn1cc(CN2CCC(Cc3ccccc3C(=O)O)CC2)nn1. The van der Waals surface area contributed by atoms with Crippen molar-refractivity contribution in [3.05, 3.63) is 47.3 Å². The van der Waals surface area contributed by atoms with E-state index in [-0.39, 0.29) is 0 Å². The fourth-order valence-electron chi connectivity index (χ4n) is 3.26. The van der Waals surface area contributed by atoms with Gasteiger partial charge in [0.25, 0.3) is 0 Å². The van der Waals surface area contributed by atoms with Gasteiger partial charge >= 0.3 is 5.97 Å². The number of aromatic nitrogens is 3. The lowest BCUT2D eigenvalue weighted by atomic mass is 9.88. The fraction of sp³-hybridized carbons (Fsp3) is 0.471. The average molecular weight is 314 g/mol. The second kappa shape index (κ2) is 6.91. The van der Waals surface area contributed by atoms with Gasteiger partial charge in [-0.3, -0.25) is 9.58 Å². The molecule has 0 aliphatic carbocycles. The summed E-state index contributed by atoms with van der Waals surface area (Å²) in [5.74, 6) is -0.283. The van der Waals surface area contributed by atoms with Crippen molar-refractivity contribution in [2.45, 2.75) is 25.8 Å². The van der Waals surface area contributed by atoms with Crippen molar-refractivity contribution >= 4 is 5.97 Å². The minimum absolute atomic E-state index is 0.439. The Morgan fingerprint density at radius 1 is 1.30 bits per heavy atom. The van der Waals surface area contributed by atoms with Crippen molar-refractivity contribution in [3.8, 4) is 0 Å². The summed E-state index contributed by atoms with van der Waals surface area (Å²) in [5, 5.41) is 17.4. The highest BCUT2D eigenvalue weighted by Gasteiger charge is 2.22. The lowest BCUT2D eigenvalue weighted by molar-refractivity contribution is 0.0695. The molecular weight excluding hydrogens is 292 g/mol. The van der Waals surface area contributed by atoms with Crippen molar-refractivity contribution in [1.29, 1.82) is 0 Å². The summed E-state index contributed by atoms with van der Waals surface area (Å²) in [6.07, 6.45) is 4.99. The molecule has 1 aromatic heterocycles. The van der Waals surface area contributed by atoms with E-state index >= 15 is 0 Å². The van der Waals surface area contributed by atoms with Crippen LogP contribution in [0.15, 0.2) is 30.5 Å². The summed E-state index contributed by atoms with van der Waals surface area (Å²) >= 11 is 0. The van der Waals surface area contributed by atoms with Crippen molar-refractivity contribution in [3.63, 3.8) is 0 Å². The Morgan fingerprint density at radius 3 is 2.70 bits per heavy atom. The largest absolute Gasteiger partial charge is 0.478 e. The molecule has 2 aromatic rings.